The van der Waals surface area contributed by atoms with Crippen molar-refractivity contribution in [2.45, 2.75) is 32.4 Å². The van der Waals surface area contributed by atoms with E-state index in [0.29, 0.717) is 25.4 Å². The first-order chi connectivity index (χ1) is 14.0. The van der Waals surface area contributed by atoms with Crippen LogP contribution in [0.4, 0.5) is 16.2 Å². The third-order valence-electron chi connectivity index (χ3n) is 5.00. The Bertz CT molecular complexity index is 849. The third kappa shape index (κ3) is 6.30. The van der Waals surface area contributed by atoms with Gasteiger partial charge in [0.25, 0.3) is 0 Å². The molecule has 154 valence electrons. The summed E-state index contributed by atoms with van der Waals surface area (Å²) in [5.74, 6) is -0.00507. The van der Waals surface area contributed by atoms with Crippen LogP contribution in [-0.2, 0) is 16.1 Å². The second kappa shape index (κ2) is 10.0. The number of hydrogen-bond donors (Lipinski definition) is 4. The second-order valence-corrected chi connectivity index (χ2v) is 7.34. The van der Waals surface area contributed by atoms with E-state index in [1.165, 1.54) is 0 Å². The first-order valence-corrected chi connectivity index (χ1v) is 9.86. The van der Waals surface area contributed by atoms with E-state index in [0.717, 1.165) is 29.7 Å². The van der Waals surface area contributed by atoms with E-state index in [9.17, 15) is 9.59 Å². The van der Waals surface area contributed by atoms with Crippen LogP contribution in [-0.4, -0.2) is 31.2 Å². The zero-order valence-electron chi connectivity index (χ0n) is 16.6. The number of carbonyl (C=O) groups excluding carboxylic acids is 2. The Balaban J connectivity index is 1.51. The van der Waals surface area contributed by atoms with Gasteiger partial charge in [-0.25, -0.2) is 4.79 Å². The van der Waals surface area contributed by atoms with Crippen molar-refractivity contribution in [3.05, 3.63) is 59.7 Å². The molecule has 29 heavy (non-hydrogen) atoms. The minimum atomic E-state index is -0.527. The molecule has 0 saturated carbocycles. The molecule has 2 aromatic carbocycles. The maximum atomic E-state index is 12.4. The van der Waals surface area contributed by atoms with Crippen molar-refractivity contribution in [1.82, 2.24) is 5.32 Å². The van der Waals surface area contributed by atoms with Gasteiger partial charge < -0.3 is 26.4 Å². The van der Waals surface area contributed by atoms with E-state index >= 15 is 0 Å². The van der Waals surface area contributed by atoms with Crippen LogP contribution in [0.3, 0.4) is 0 Å². The lowest BCUT2D eigenvalue weighted by Gasteiger charge is -2.26. The molecule has 1 aliphatic rings. The Morgan fingerprint density at radius 2 is 1.72 bits per heavy atom. The van der Waals surface area contributed by atoms with E-state index in [2.05, 4.69) is 16.0 Å². The average molecular weight is 396 g/mol. The Morgan fingerprint density at radius 3 is 2.41 bits per heavy atom. The van der Waals surface area contributed by atoms with Crippen LogP contribution in [0.25, 0.3) is 0 Å². The summed E-state index contributed by atoms with van der Waals surface area (Å²) in [6.07, 6.45) is 1.62. The molecule has 1 fully saturated rings. The molecule has 1 heterocycles. The van der Waals surface area contributed by atoms with Gasteiger partial charge in [-0.3, -0.25) is 4.79 Å². The molecule has 3 rings (SSSR count). The fourth-order valence-corrected chi connectivity index (χ4v) is 3.37. The quantitative estimate of drug-likeness (QED) is 0.602. The summed E-state index contributed by atoms with van der Waals surface area (Å²) in [7, 11) is 0. The predicted molar refractivity (Wildman–Crippen MR) is 114 cm³/mol. The molecule has 2 aromatic rings. The Kier molecular flexibility index (Phi) is 7.21. The molecule has 7 heteroatoms. The molecule has 5 N–H and O–H groups in total. The normalized spacial score (nSPS) is 15.4. The molecule has 1 saturated heterocycles. The van der Waals surface area contributed by atoms with E-state index in [1.807, 2.05) is 49.4 Å². The molecule has 0 spiro atoms. The van der Waals surface area contributed by atoms with Crippen molar-refractivity contribution in [2.24, 2.45) is 11.7 Å². The highest BCUT2D eigenvalue weighted by molar-refractivity contribution is 5.99. The van der Waals surface area contributed by atoms with Crippen LogP contribution >= 0.6 is 0 Å². The highest BCUT2D eigenvalue weighted by atomic mass is 16.5. The van der Waals surface area contributed by atoms with Gasteiger partial charge in [0.1, 0.15) is 0 Å². The molecule has 1 atom stereocenters. The molecule has 3 amide bonds. The number of benzene rings is 2. The average Bonchev–Trinajstić information content (AvgIpc) is 2.72. The molecule has 0 radical (unpaired) electrons. The molecular weight excluding hydrogens is 368 g/mol. The SMILES string of the molecule is Cc1cccc(NC(=O)Nc2cccc(CNC(=O)C(N)C3CCOCC3)c2)c1. The molecule has 0 aliphatic carbocycles. The largest absolute Gasteiger partial charge is 0.381 e. The van der Waals surface area contributed by atoms with Crippen molar-refractivity contribution in [3.63, 3.8) is 0 Å². The van der Waals surface area contributed by atoms with E-state index in [1.54, 1.807) is 6.07 Å². The molecule has 1 unspecified atom stereocenters. The monoisotopic (exact) mass is 396 g/mol. The van der Waals surface area contributed by atoms with Gasteiger partial charge in [0.2, 0.25) is 5.91 Å². The smallest absolute Gasteiger partial charge is 0.323 e. The van der Waals surface area contributed by atoms with Gasteiger partial charge in [0.05, 0.1) is 6.04 Å². The van der Waals surface area contributed by atoms with Crippen LogP contribution in [0.1, 0.15) is 24.0 Å². The molecule has 0 bridgehead atoms. The Morgan fingerprint density at radius 1 is 1.07 bits per heavy atom. The standard InChI is InChI=1S/C22H28N4O3/c1-15-4-2-6-18(12-15)25-22(28)26-19-7-3-5-16(13-19)14-24-21(27)20(23)17-8-10-29-11-9-17/h2-7,12-13,17,20H,8-11,14,23H2,1H3,(H,24,27)(H2,25,26,28). The first kappa shape index (κ1) is 20.8. The highest BCUT2D eigenvalue weighted by Gasteiger charge is 2.26. The highest BCUT2D eigenvalue weighted by Crippen LogP contribution is 2.18. The topological polar surface area (TPSA) is 105 Å². The zero-order valence-corrected chi connectivity index (χ0v) is 16.6. The van der Waals surface area contributed by atoms with Crippen molar-refractivity contribution in [3.8, 4) is 0 Å². The summed E-state index contributed by atoms with van der Waals surface area (Å²) >= 11 is 0. The van der Waals surface area contributed by atoms with Crippen LogP contribution < -0.4 is 21.7 Å². The molecular formula is C22H28N4O3. The van der Waals surface area contributed by atoms with Gasteiger partial charge in [0.15, 0.2) is 0 Å². The summed E-state index contributed by atoms with van der Waals surface area (Å²) in [5, 5.41) is 8.51. The van der Waals surface area contributed by atoms with E-state index in [-0.39, 0.29) is 17.9 Å². The van der Waals surface area contributed by atoms with Gasteiger partial charge in [0, 0.05) is 31.1 Å². The number of hydrogen-bond acceptors (Lipinski definition) is 4. The number of carbonyl (C=O) groups is 2. The van der Waals surface area contributed by atoms with Crippen LogP contribution in [0.15, 0.2) is 48.5 Å². The minimum Gasteiger partial charge on any atom is -0.381 e. The second-order valence-electron chi connectivity index (χ2n) is 7.34. The van der Waals surface area contributed by atoms with Crippen molar-refractivity contribution in [1.29, 1.82) is 0 Å². The number of nitrogens with one attached hydrogen (secondary N) is 3. The Labute approximate surface area is 171 Å². The summed E-state index contributed by atoms with van der Waals surface area (Å²) in [6, 6.07) is 14.1. The van der Waals surface area contributed by atoms with Crippen LogP contribution in [0.5, 0.6) is 0 Å². The number of aryl methyl sites for hydroxylation is 1. The lowest BCUT2D eigenvalue weighted by molar-refractivity contribution is -0.124. The Hall–Kier alpha value is -2.90. The number of anilines is 2. The summed E-state index contributed by atoms with van der Waals surface area (Å²) < 4.78 is 5.32. The molecule has 7 nitrogen and oxygen atoms in total. The molecule has 1 aliphatic heterocycles. The maximum Gasteiger partial charge on any atom is 0.323 e. The third-order valence-corrected chi connectivity index (χ3v) is 5.00. The fraction of sp³-hybridized carbons (Fsp3) is 0.364. The maximum absolute atomic E-state index is 12.4. The van der Waals surface area contributed by atoms with Gasteiger partial charge in [-0.05, 0) is 61.1 Å². The predicted octanol–water partition coefficient (Wildman–Crippen LogP) is 3.01. The van der Waals surface area contributed by atoms with Crippen LogP contribution in [0, 0.1) is 12.8 Å². The fourth-order valence-electron chi connectivity index (χ4n) is 3.37. The van der Waals surface area contributed by atoms with E-state index in [4.69, 9.17) is 10.5 Å². The number of nitrogens with two attached hydrogens (primary N) is 1. The number of urea groups is 1. The summed E-state index contributed by atoms with van der Waals surface area (Å²) in [4.78, 5) is 24.6. The van der Waals surface area contributed by atoms with E-state index < -0.39 is 6.04 Å². The number of amides is 3. The van der Waals surface area contributed by atoms with Gasteiger partial charge in [-0.2, -0.15) is 0 Å². The summed E-state index contributed by atoms with van der Waals surface area (Å²) in [6.45, 7) is 3.63. The van der Waals surface area contributed by atoms with Gasteiger partial charge >= 0.3 is 6.03 Å². The van der Waals surface area contributed by atoms with Crippen LogP contribution in [0.2, 0.25) is 0 Å². The zero-order chi connectivity index (χ0) is 20.6. The van der Waals surface area contributed by atoms with Gasteiger partial charge in [-0.1, -0.05) is 24.3 Å². The molecule has 0 aromatic heterocycles. The lowest BCUT2D eigenvalue weighted by Crippen LogP contribution is -2.46. The van der Waals surface area contributed by atoms with Gasteiger partial charge in [-0.15, -0.1) is 0 Å². The minimum absolute atomic E-state index is 0.155. The summed E-state index contributed by atoms with van der Waals surface area (Å²) in [5.41, 5.74) is 9.43. The van der Waals surface area contributed by atoms with Crippen molar-refractivity contribution < 1.29 is 14.3 Å². The van der Waals surface area contributed by atoms with Crippen molar-refractivity contribution in [2.75, 3.05) is 23.8 Å². The van der Waals surface area contributed by atoms with Crippen molar-refractivity contribution >= 4 is 23.3 Å². The number of rotatable bonds is 6. The first-order valence-electron chi connectivity index (χ1n) is 9.86. The number of ether oxygens (including phenoxy) is 1. The lowest BCUT2D eigenvalue weighted by atomic mass is 9.92.